The van der Waals surface area contributed by atoms with Crippen molar-refractivity contribution in [2.45, 2.75) is 20.4 Å². The fourth-order valence-corrected chi connectivity index (χ4v) is 5.22. The molecule has 3 heterocycles. The van der Waals surface area contributed by atoms with Crippen LogP contribution in [0, 0.1) is 13.8 Å². The number of rotatable bonds is 9. The van der Waals surface area contributed by atoms with Crippen molar-refractivity contribution in [1.82, 2.24) is 14.5 Å². The first kappa shape index (κ1) is 28.1. The molecule has 0 aliphatic carbocycles. The quantitative estimate of drug-likeness (QED) is 0.237. The lowest BCUT2D eigenvalue weighted by Crippen LogP contribution is -2.46. The molecule has 1 fully saturated rings. The molecule has 0 atom stereocenters. The van der Waals surface area contributed by atoms with Gasteiger partial charge in [0.25, 0.3) is 11.7 Å². The van der Waals surface area contributed by atoms with Gasteiger partial charge in [-0.3, -0.25) is 9.59 Å². The van der Waals surface area contributed by atoms with E-state index in [0.717, 1.165) is 61.0 Å². The maximum Gasteiger partial charge on any atom is 0.298 e. The van der Waals surface area contributed by atoms with E-state index in [2.05, 4.69) is 39.1 Å². The van der Waals surface area contributed by atoms with Gasteiger partial charge in [0, 0.05) is 68.1 Å². The third-order valence-corrected chi connectivity index (χ3v) is 7.41. The zero-order valence-electron chi connectivity index (χ0n) is 24.3. The third-order valence-electron chi connectivity index (χ3n) is 7.41. The first-order chi connectivity index (χ1) is 19.8. The summed E-state index contributed by atoms with van der Waals surface area (Å²) in [4.78, 5) is 37.8. The molecule has 0 saturated carbocycles. The lowest BCUT2D eigenvalue weighted by molar-refractivity contribution is -0.112. The van der Waals surface area contributed by atoms with Crippen molar-refractivity contribution in [3.8, 4) is 11.1 Å². The number of pyridine rings is 1. The van der Waals surface area contributed by atoms with Crippen LogP contribution < -0.4 is 15.1 Å². The molecule has 2 aromatic carbocycles. The van der Waals surface area contributed by atoms with E-state index in [1.807, 2.05) is 92.4 Å². The maximum atomic E-state index is 13.3. The number of piperazine rings is 1. The monoisotopic (exact) mass is 550 g/mol. The molecule has 5 rings (SSSR count). The van der Waals surface area contributed by atoms with Crippen molar-refractivity contribution in [1.29, 1.82) is 0 Å². The molecule has 0 spiro atoms. The van der Waals surface area contributed by atoms with E-state index < -0.39 is 11.7 Å². The molecule has 1 aliphatic heterocycles. The topological polar surface area (TPSA) is 73.7 Å². The number of carbonyl (C=O) groups is 2. The van der Waals surface area contributed by atoms with Crippen molar-refractivity contribution in [2.24, 2.45) is 0 Å². The molecule has 8 heteroatoms. The van der Waals surface area contributed by atoms with Gasteiger partial charge in [-0.05, 0) is 81.5 Å². The average molecular weight is 551 g/mol. The number of carbonyl (C=O) groups excluding carboxylic acids is 2. The minimum atomic E-state index is -0.642. The molecule has 8 nitrogen and oxygen atoms in total. The number of aryl methyl sites for hydroxylation is 2. The number of Topliss-reactive ketones (excluding diaryl/α,β-unsaturated/α-hetero) is 1. The highest BCUT2D eigenvalue weighted by Gasteiger charge is 2.23. The number of amides is 1. The number of hydrogen-bond acceptors (Lipinski definition) is 6. The SMILES string of the molecule is Cc1cc(C)nc(N2CCN(c3ccc(NC(=O)C(=O)c4cc(-c5ccccc5)cn4CCN(C)C)cc3)CC2)c1. The predicted octanol–water partition coefficient (Wildman–Crippen LogP) is 4.88. The summed E-state index contributed by atoms with van der Waals surface area (Å²) < 4.78 is 1.88. The van der Waals surface area contributed by atoms with Crippen LogP contribution >= 0.6 is 0 Å². The Morgan fingerprint density at radius 1 is 0.854 bits per heavy atom. The Hall–Kier alpha value is -4.43. The van der Waals surface area contributed by atoms with Crippen LogP contribution in [-0.4, -0.2) is 73.0 Å². The lowest BCUT2D eigenvalue weighted by atomic mass is 10.1. The molecule has 1 saturated heterocycles. The minimum absolute atomic E-state index is 0.385. The molecule has 1 aliphatic rings. The van der Waals surface area contributed by atoms with Crippen LogP contribution in [0.15, 0.2) is 79.0 Å². The van der Waals surface area contributed by atoms with Gasteiger partial charge in [0.15, 0.2) is 0 Å². The van der Waals surface area contributed by atoms with Crippen LogP contribution in [-0.2, 0) is 11.3 Å². The highest BCUT2D eigenvalue weighted by atomic mass is 16.2. The summed E-state index contributed by atoms with van der Waals surface area (Å²) >= 11 is 0. The molecule has 212 valence electrons. The second-order valence-electron chi connectivity index (χ2n) is 10.9. The van der Waals surface area contributed by atoms with E-state index in [-0.39, 0.29) is 0 Å². The Bertz CT molecular complexity index is 1480. The van der Waals surface area contributed by atoms with Gasteiger partial charge in [-0.1, -0.05) is 30.3 Å². The molecule has 1 amide bonds. The Morgan fingerprint density at radius 3 is 2.20 bits per heavy atom. The van der Waals surface area contributed by atoms with E-state index >= 15 is 0 Å². The van der Waals surface area contributed by atoms with Gasteiger partial charge >= 0.3 is 0 Å². The van der Waals surface area contributed by atoms with Crippen molar-refractivity contribution < 1.29 is 9.59 Å². The van der Waals surface area contributed by atoms with Gasteiger partial charge < -0.3 is 24.6 Å². The van der Waals surface area contributed by atoms with Gasteiger partial charge in [0.2, 0.25) is 0 Å². The van der Waals surface area contributed by atoms with E-state index in [1.165, 1.54) is 5.56 Å². The number of anilines is 3. The summed E-state index contributed by atoms with van der Waals surface area (Å²) in [7, 11) is 3.98. The molecule has 0 bridgehead atoms. The number of benzene rings is 2. The Kier molecular flexibility index (Phi) is 8.50. The van der Waals surface area contributed by atoms with Crippen LogP contribution in [0.4, 0.5) is 17.2 Å². The van der Waals surface area contributed by atoms with E-state index in [9.17, 15) is 9.59 Å². The van der Waals surface area contributed by atoms with Gasteiger partial charge in [-0.2, -0.15) is 0 Å². The minimum Gasteiger partial charge on any atom is -0.368 e. The van der Waals surface area contributed by atoms with Gasteiger partial charge in [-0.15, -0.1) is 0 Å². The van der Waals surface area contributed by atoms with E-state index in [1.54, 1.807) is 0 Å². The maximum absolute atomic E-state index is 13.3. The Balaban J connectivity index is 1.23. The smallest absolute Gasteiger partial charge is 0.298 e. The molecule has 0 unspecified atom stereocenters. The molecule has 4 aromatic rings. The molecule has 2 aromatic heterocycles. The number of nitrogens with zero attached hydrogens (tertiary/aromatic N) is 5. The van der Waals surface area contributed by atoms with Gasteiger partial charge in [0.05, 0.1) is 5.69 Å². The summed E-state index contributed by atoms with van der Waals surface area (Å²) in [6.07, 6.45) is 1.95. The highest BCUT2D eigenvalue weighted by Crippen LogP contribution is 2.24. The van der Waals surface area contributed by atoms with Crippen LogP contribution in [0.2, 0.25) is 0 Å². The van der Waals surface area contributed by atoms with Crippen LogP contribution in [0.3, 0.4) is 0 Å². The van der Waals surface area contributed by atoms with Gasteiger partial charge in [-0.25, -0.2) is 4.98 Å². The Labute approximate surface area is 242 Å². The summed E-state index contributed by atoms with van der Waals surface area (Å²) in [5, 5.41) is 2.80. The van der Waals surface area contributed by atoms with Crippen molar-refractivity contribution in [3.63, 3.8) is 0 Å². The van der Waals surface area contributed by atoms with E-state index in [4.69, 9.17) is 4.98 Å². The lowest BCUT2D eigenvalue weighted by Gasteiger charge is -2.37. The summed E-state index contributed by atoms with van der Waals surface area (Å²) in [6.45, 7) is 9.04. The molecule has 41 heavy (non-hydrogen) atoms. The fourth-order valence-electron chi connectivity index (χ4n) is 5.22. The molecule has 0 radical (unpaired) electrons. The summed E-state index contributed by atoms with van der Waals surface area (Å²) in [6, 6.07) is 23.7. The van der Waals surface area contributed by atoms with Gasteiger partial charge in [0.1, 0.15) is 5.82 Å². The summed E-state index contributed by atoms with van der Waals surface area (Å²) in [5.74, 6) is -0.157. The highest BCUT2D eigenvalue weighted by molar-refractivity contribution is 6.46. The third kappa shape index (κ3) is 6.84. The predicted molar refractivity (Wildman–Crippen MR) is 166 cm³/mol. The standard InChI is InChI=1S/C33H38N6O2/c1-24-20-25(2)34-31(21-24)38-18-16-37(17-19-38)29-12-10-28(11-13-29)35-33(41)32(40)30-22-27(26-8-6-5-7-9-26)23-39(30)15-14-36(3)4/h5-13,20-23H,14-19H2,1-4H3,(H,35,41). The molecular formula is C33H38N6O2. The van der Waals surface area contributed by atoms with E-state index in [0.29, 0.717) is 17.9 Å². The van der Waals surface area contributed by atoms with Crippen molar-refractivity contribution in [3.05, 3.63) is 95.9 Å². The second-order valence-corrected chi connectivity index (χ2v) is 10.9. The largest absolute Gasteiger partial charge is 0.368 e. The first-order valence-electron chi connectivity index (χ1n) is 14.1. The average Bonchev–Trinajstić information content (AvgIpc) is 3.40. The molecular weight excluding hydrogens is 512 g/mol. The van der Waals surface area contributed by atoms with Crippen LogP contribution in [0.5, 0.6) is 0 Å². The number of hydrogen-bond donors (Lipinski definition) is 1. The zero-order chi connectivity index (χ0) is 28.9. The second kappa shape index (κ2) is 12.4. The Morgan fingerprint density at radius 2 is 1.54 bits per heavy atom. The summed E-state index contributed by atoms with van der Waals surface area (Å²) in [5.41, 5.74) is 6.26. The number of aromatic nitrogens is 2. The number of nitrogens with one attached hydrogen (secondary N) is 1. The first-order valence-corrected chi connectivity index (χ1v) is 14.1. The van der Waals surface area contributed by atoms with Crippen LogP contribution in [0.1, 0.15) is 21.7 Å². The molecule has 1 N–H and O–H groups in total. The van der Waals surface area contributed by atoms with Crippen molar-refractivity contribution in [2.75, 3.05) is 61.9 Å². The zero-order valence-corrected chi connectivity index (χ0v) is 24.3. The van der Waals surface area contributed by atoms with Crippen LogP contribution in [0.25, 0.3) is 11.1 Å². The van der Waals surface area contributed by atoms with Crippen molar-refractivity contribution >= 4 is 28.9 Å². The normalized spacial score (nSPS) is 13.5. The fraction of sp³-hybridized carbons (Fsp3) is 0.303. The number of ketones is 1. The number of likely N-dealkylation sites (N-methyl/N-ethyl adjacent to an activating group) is 1.